The van der Waals surface area contributed by atoms with E-state index in [0.717, 1.165) is 12.8 Å². The Morgan fingerprint density at radius 2 is 2.08 bits per heavy atom. The van der Waals surface area contributed by atoms with Crippen molar-refractivity contribution in [2.75, 3.05) is 0 Å². The molecule has 3 unspecified atom stereocenters. The second-order valence-corrected chi connectivity index (χ2v) is 6.33. The summed E-state index contributed by atoms with van der Waals surface area (Å²) in [5.74, 6) is 0.295. The van der Waals surface area contributed by atoms with Gasteiger partial charge in [-0.15, -0.1) is 0 Å². The molecule has 0 spiro atoms. The van der Waals surface area contributed by atoms with Gasteiger partial charge in [-0.25, -0.2) is 0 Å². The number of ether oxygens (including phenoxy) is 1. The molecule has 1 aliphatic heterocycles. The van der Waals surface area contributed by atoms with Crippen molar-refractivity contribution in [1.29, 1.82) is 0 Å². The van der Waals surface area contributed by atoms with Gasteiger partial charge in [0.15, 0.2) is 0 Å². The molecule has 3 atom stereocenters. The number of carbonyl (C=O) groups is 1. The molecule has 1 rings (SSSR count). The summed E-state index contributed by atoms with van der Waals surface area (Å²) in [5, 5.41) is 12.4. The van der Waals surface area contributed by atoms with Crippen molar-refractivity contribution < 1.29 is 14.6 Å². The average molecular weight is 354 g/mol. The van der Waals surface area contributed by atoms with E-state index in [0.29, 0.717) is 0 Å². The Morgan fingerprint density at radius 3 is 2.62 bits per heavy atom. The molecule has 0 saturated carbocycles. The van der Waals surface area contributed by atoms with Crippen LogP contribution in [-0.2, 0) is 9.53 Å². The minimum absolute atomic E-state index is 0.0532. The van der Waals surface area contributed by atoms with Crippen LogP contribution >= 0.6 is 0 Å². The van der Waals surface area contributed by atoms with Crippen LogP contribution < -0.4 is 0 Å². The molecule has 26 heavy (non-hydrogen) atoms. The third kappa shape index (κ3) is 6.43. The Morgan fingerprint density at radius 1 is 1.38 bits per heavy atom. The van der Waals surface area contributed by atoms with E-state index in [-0.39, 0.29) is 5.92 Å². The summed E-state index contributed by atoms with van der Waals surface area (Å²) in [6.45, 7) is 5.64. The molecule has 0 fully saturated rings. The predicted molar refractivity (Wildman–Crippen MR) is 106 cm³/mol. The van der Waals surface area contributed by atoms with Crippen LogP contribution in [0.2, 0.25) is 0 Å². The molecule has 1 N–H and O–H groups in total. The average Bonchev–Trinajstić information content (AvgIpc) is 2.86. The molecule has 5 nitrogen and oxygen atoms in total. The third-order valence-electron chi connectivity index (χ3n) is 3.97. The number of allylic oxidation sites excluding steroid dienone is 7. The van der Waals surface area contributed by atoms with Gasteiger partial charge < -0.3 is 0 Å². The number of nitroso groups, excluding NO2 is 1. The number of hydrogen-bond donors (Lipinski definition) is 1. The zero-order valence-electron chi connectivity index (χ0n) is 15.5. The van der Waals surface area contributed by atoms with Crippen LogP contribution in [0.25, 0.3) is 0 Å². The van der Waals surface area contributed by atoms with Crippen molar-refractivity contribution in [3.05, 3.63) is 64.8 Å². The Hall–Kier alpha value is -2.50. The van der Waals surface area contributed by atoms with E-state index >= 15 is 0 Å². The molecule has 0 bridgehead atoms. The van der Waals surface area contributed by atoms with Crippen LogP contribution in [0.1, 0.15) is 33.6 Å². The van der Waals surface area contributed by atoms with E-state index in [1.807, 2.05) is 19.1 Å². The van der Waals surface area contributed by atoms with Gasteiger partial charge in [-0.05, 0) is 0 Å². The van der Waals surface area contributed by atoms with E-state index in [1.54, 1.807) is 18.1 Å². The van der Waals surface area contributed by atoms with Gasteiger partial charge in [0, 0.05) is 0 Å². The van der Waals surface area contributed by atoms with Gasteiger partial charge in [0.1, 0.15) is 0 Å². The predicted octanol–water partition coefficient (Wildman–Crippen LogP) is 3.88. The first kappa shape index (κ1) is 21.5. The van der Waals surface area contributed by atoms with Crippen molar-refractivity contribution in [2.45, 2.75) is 45.3 Å². The molecular weight excluding hydrogens is 329 g/mol. The summed E-state index contributed by atoms with van der Waals surface area (Å²) in [6.07, 6.45) is 16.0. The molecule has 0 aromatic carbocycles. The van der Waals surface area contributed by atoms with Crippen molar-refractivity contribution in [2.24, 2.45) is 11.1 Å². The number of carbonyl (C=O) groups excluding carboxylic acids is 1. The number of aliphatic hydroxyl groups is 1. The third-order valence-corrected chi connectivity index (χ3v) is 3.97. The monoisotopic (exact) mass is 354 g/mol. The van der Waals surface area contributed by atoms with Crippen LogP contribution in [0, 0.1) is 10.8 Å². The molecule has 1 aliphatic rings. The molecule has 137 valence electrons. The topological polar surface area (TPSA) is 76.0 Å². The maximum atomic E-state index is 11.3. The van der Waals surface area contributed by atoms with Crippen molar-refractivity contribution in [3.8, 4) is 0 Å². The fourth-order valence-corrected chi connectivity index (χ4v) is 2.47. The Labute approximate surface area is 155 Å². The van der Waals surface area contributed by atoms with Gasteiger partial charge in [0.2, 0.25) is 0 Å². The summed E-state index contributed by atoms with van der Waals surface area (Å²) >= 11 is 0. The van der Waals surface area contributed by atoms with Gasteiger partial charge in [-0.3, -0.25) is 0 Å². The van der Waals surface area contributed by atoms with Crippen LogP contribution in [-0.4, -0.2) is 36.2 Å². The van der Waals surface area contributed by atoms with Crippen molar-refractivity contribution in [3.63, 3.8) is 0 Å². The first-order valence-corrected chi connectivity index (χ1v) is 8.56. The SMILES string of the molecule is [B]=CC(/C=C/C=C/C(N=O)C1(C)C=C(O)C(=O)O1)C/C(C)=C/C=C/CC. The summed E-state index contributed by atoms with van der Waals surface area (Å²) < 4.78 is 5.02. The Kier molecular flexibility index (Phi) is 8.69. The molecule has 0 aromatic heterocycles. The quantitative estimate of drug-likeness (QED) is 0.280. The molecule has 0 aliphatic carbocycles. The summed E-state index contributed by atoms with van der Waals surface area (Å²) in [6, 6.07) is -0.943. The van der Waals surface area contributed by atoms with Gasteiger partial charge >= 0.3 is 155 Å². The van der Waals surface area contributed by atoms with Gasteiger partial charge in [-0.1, -0.05) is 0 Å². The van der Waals surface area contributed by atoms with Crippen LogP contribution in [0.15, 0.2) is 65.1 Å². The number of hydrogen-bond acceptors (Lipinski definition) is 5. The molecule has 0 saturated heterocycles. The maximum absolute atomic E-state index is 11.3. The van der Waals surface area contributed by atoms with Gasteiger partial charge in [0.25, 0.3) is 0 Å². The number of rotatable bonds is 10. The molecule has 1 radical (unpaired) electrons. The standard InChI is InChI=1S/C20H25BNO4/c1-4-5-6-9-15(2)12-16(14-21)10-7-8-11-18(22-25)20(3)13-17(23)19(24)26-20/h5-11,13-14,16,18,23H,4,12H2,1-3H3/b6-5+,10-7+,11-8+,15-9+. The Bertz CT molecular complexity index is 675. The van der Waals surface area contributed by atoms with E-state index in [2.05, 4.69) is 24.3 Å². The first-order valence-electron chi connectivity index (χ1n) is 8.56. The van der Waals surface area contributed by atoms with Gasteiger partial charge in [0.05, 0.1) is 0 Å². The molecule has 0 aromatic rings. The number of cyclic esters (lactones) is 1. The second kappa shape index (κ2) is 10.5. The molecule has 1 heterocycles. The Balaban J connectivity index is 2.70. The van der Waals surface area contributed by atoms with E-state index in [9.17, 15) is 14.8 Å². The van der Waals surface area contributed by atoms with E-state index < -0.39 is 23.4 Å². The van der Waals surface area contributed by atoms with Gasteiger partial charge in [-0.2, -0.15) is 0 Å². The number of nitrogens with zero attached hydrogens (tertiary/aromatic N) is 1. The van der Waals surface area contributed by atoms with E-state index in [4.69, 9.17) is 12.2 Å². The number of esters is 1. The summed E-state index contributed by atoms with van der Waals surface area (Å²) in [7, 11) is 5.69. The zero-order chi connectivity index (χ0) is 19.6. The first-order chi connectivity index (χ1) is 12.4. The van der Waals surface area contributed by atoms with Crippen molar-refractivity contribution >= 4 is 19.4 Å². The van der Waals surface area contributed by atoms with Crippen LogP contribution in [0.5, 0.6) is 0 Å². The zero-order valence-corrected chi connectivity index (χ0v) is 15.5. The number of aliphatic hydroxyl groups excluding tert-OH is 1. The fraction of sp³-hybridized carbons (Fsp3) is 0.400. The van der Waals surface area contributed by atoms with Crippen LogP contribution in [0.3, 0.4) is 0 Å². The molecule has 0 amide bonds. The second-order valence-electron chi connectivity index (χ2n) is 6.33. The minimum atomic E-state index is -1.28. The normalized spacial score (nSPS) is 23.4. The fourth-order valence-electron chi connectivity index (χ4n) is 2.47. The van der Waals surface area contributed by atoms with Crippen molar-refractivity contribution in [1.82, 2.24) is 0 Å². The molecular formula is C20H25BNO4. The van der Waals surface area contributed by atoms with Crippen LogP contribution in [0.4, 0.5) is 0 Å². The molecule has 6 heteroatoms. The summed E-state index contributed by atoms with van der Waals surface area (Å²) in [4.78, 5) is 22.4. The summed E-state index contributed by atoms with van der Waals surface area (Å²) in [5.41, 5.74) is -0.0779. The van der Waals surface area contributed by atoms with E-state index in [1.165, 1.54) is 24.6 Å².